The maximum atomic E-state index is 4.66. The largest absolute Gasteiger partial charge is 0.341 e. The number of pyridine rings is 2. The van der Waals surface area contributed by atoms with Gasteiger partial charge in [0.2, 0.25) is 0 Å². The number of H-pyrrole nitrogens is 2. The summed E-state index contributed by atoms with van der Waals surface area (Å²) in [5.41, 5.74) is 5.01. The van der Waals surface area contributed by atoms with Gasteiger partial charge in [-0.1, -0.05) is 19.9 Å². The lowest BCUT2D eigenvalue weighted by Gasteiger charge is -2.04. The Morgan fingerprint density at radius 3 is 2.68 bits per heavy atom. The minimum absolute atomic E-state index is 0.382. The fourth-order valence-electron chi connectivity index (χ4n) is 2.52. The number of aryl methyl sites for hydroxylation is 1. The predicted octanol–water partition coefficient (Wildman–Crippen LogP) is 3.33. The molecular formula is C16H16N6. The molecule has 6 nitrogen and oxygen atoms in total. The zero-order valence-electron chi connectivity index (χ0n) is 12.7. The van der Waals surface area contributed by atoms with Crippen molar-refractivity contribution < 1.29 is 0 Å². The third kappa shape index (κ3) is 2.04. The molecule has 0 saturated carbocycles. The van der Waals surface area contributed by atoms with Gasteiger partial charge in [0.05, 0.1) is 5.52 Å². The van der Waals surface area contributed by atoms with Gasteiger partial charge in [0, 0.05) is 5.69 Å². The zero-order chi connectivity index (χ0) is 15.3. The summed E-state index contributed by atoms with van der Waals surface area (Å²) in [6.45, 7) is 6.17. The number of hydrogen-bond acceptors (Lipinski definition) is 4. The van der Waals surface area contributed by atoms with E-state index in [9.17, 15) is 0 Å². The molecule has 2 N–H and O–H groups in total. The molecule has 0 saturated heterocycles. The number of rotatable bonds is 2. The third-order valence-corrected chi connectivity index (χ3v) is 3.65. The van der Waals surface area contributed by atoms with Crippen molar-refractivity contribution in [3.05, 3.63) is 35.8 Å². The van der Waals surface area contributed by atoms with Gasteiger partial charge < -0.3 is 9.97 Å². The minimum Gasteiger partial charge on any atom is -0.341 e. The minimum atomic E-state index is 0.382. The summed E-state index contributed by atoms with van der Waals surface area (Å²) in [6, 6.07) is 7.96. The molecule has 4 rings (SSSR count). The average molecular weight is 292 g/mol. The lowest BCUT2D eigenvalue weighted by atomic mass is 10.1. The molecule has 4 aromatic heterocycles. The molecule has 110 valence electrons. The topological polar surface area (TPSA) is 83.1 Å². The number of aromatic amines is 2. The molecule has 0 unspecified atom stereocenters. The number of aromatic nitrogens is 6. The van der Waals surface area contributed by atoms with E-state index in [1.807, 2.05) is 31.2 Å². The van der Waals surface area contributed by atoms with Crippen LogP contribution in [0.4, 0.5) is 0 Å². The van der Waals surface area contributed by atoms with E-state index in [2.05, 4.69) is 43.8 Å². The van der Waals surface area contributed by atoms with Gasteiger partial charge in [0.25, 0.3) is 0 Å². The summed E-state index contributed by atoms with van der Waals surface area (Å²) in [4.78, 5) is 24.6. The number of fused-ring (bicyclic) bond motifs is 2. The molecule has 0 bridgehead atoms. The molecular weight excluding hydrogens is 276 g/mol. The van der Waals surface area contributed by atoms with E-state index in [0.29, 0.717) is 11.6 Å². The number of nitrogens with one attached hydrogen (secondary N) is 2. The highest BCUT2D eigenvalue weighted by molar-refractivity contribution is 5.86. The van der Waals surface area contributed by atoms with E-state index in [1.165, 1.54) is 0 Å². The molecule has 0 spiro atoms. The number of hydrogen-bond donors (Lipinski definition) is 2. The van der Waals surface area contributed by atoms with Crippen LogP contribution in [0, 0.1) is 6.92 Å². The highest BCUT2D eigenvalue weighted by atomic mass is 15.1. The molecule has 0 radical (unpaired) electrons. The molecule has 4 aromatic rings. The summed E-state index contributed by atoms with van der Waals surface area (Å²) in [5, 5.41) is 0. The Bertz CT molecular complexity index is 928. The fourth-order valence-corrected chi connectivity index (χ4v) is 2.52. The van der Waals surface area contributed by atoms with Crippen molar-refractivity contribution in [2.24, 2.45) is 0 Å². The molecule has 0 aliphatic heterocycles. The second-order valence-electron chi connectivity index (χ2n) is 5.74. The van der Waals surface area contributed by atoms with Crippen LogP contribution in [0.5, 0.6) is 0 Å². The fraction of sp³-hybridized carbons (Fsp3) is 0.250. The Balaban J connectivity index is 1.87. The van der Waals surface area contributed by atoms with Gasteiger partial charge in [-0.05, 0) is 31.0 Å². The van der Waals surface area contributed by atoms with Gasteiger partial charge in [-0.3, -0.25) is 0 Å². The van der Waals surface area contributed by atoms with Crippen LogP contribution < -0.4 is 0 Å². The first-order valence-corrected chi connectivity index (χ1v) is 7.30. The first-order chi connectivity index (χ1) is 10.6. The maximum Gasteiger partial charge on any atom is 0.179 e. The van der Waals surface area contributed by atoms with Crippen LogP contribution in [0.1, 0.15) is 31.3 Å². The van der Waals surface area contributed by atoms with E-state index in [1.54, 1.807) is 0 Å². The van der Waals surface area contributed by atoms with Crippen molar-refractivity contribution in [3.63, 3.8) is 0 Å². The molecule has 0 amide bonds. The standard InChI is InChI=1S/C16H16N6/c1-8(2)10-5-4-6-11(19-10)14-20-13-7-12-15(18-9(3)17-12)22-16(13)21-14/h4-8H,1-3H3,(H2,17,18,20,21,22). The Morgan fingerprint density at radius 2 is 1.86 bits per heavy atom. The van der Waals surface area contributed by atoms with Gasteiger partial charge in [-0.2, -0.15) is 0 Å². The molecule has 4 heterocycles. The zero-order valence-corrected chi connectivity index (χ0v) is 12.7. The van der Waals surface area contributed by atoms with Gasteiger partial charge in [0.1, 0.15) is 17.0 Å². The lowest BCUT2D eigenvalue weighted by molar-refractivity contribution is 0.823. The van der Waals surface area contributed by atoms with Crippen LogP contribution in [-0.2, 0) is 0 Å². The van der Waals surface area contributed by atoms with Crippen molar-refractivity contribution in [2.45, 2.75) is 26.7 Å². The highest BCUT2D eigenvalue weighted by Crippen LogP contribution is 2.22. The SMILES string of the molecule is Cc1nc2nc3[nH]c(-c4cccc(C(C)C)n4)nc3cc2[nH]1. The van der Waals surface area contributed by atoms with Crippen molar-refractivity contribution in [3.8, 4) is 11.5 Å². The summed E-state index contributed by atoms with van der Waals surface area (Å²) < 4.78 is 0. The average Bonchev–Trinajstić information content (AvgIpc) is 3.05. The van der Waals surface area contributed by atoms with Crippen LogP contribution in [0.2, 0.25) is 0 Å². The number of imidazole rings is 2. The van der Waals surface area contributed by atoms with Crippen LogP contribution in [0.15, 0.2) is 24.3 Å². The molecule has 0 fully saturated rings. The van der Waals surface area contributed by atoms with Crippen LogP contribution >= 0.6 is 0 Å². The van der Waals surface area contributed by atoms with E-state index in [-0.39, 0.29) is 0 Å². The van der Waals surface area contributed by atoms with E-state index in [4.69, 9.17) is 0 Å². The monoisotopic (exact) mass is 292 g/mol. The Morgan fingerprint density at radius 1 is 1.00 bits per heavy atom. The Kier molecular flexibility index (Phi) is 2.72. The van der Waals surface area contributed by atoms with Crippen LogP contribution in [0.25, 0.3) is 33.8 Å². The van der Waals surface area contributed by atoms with E-state index in [0.717, 1.165) is 39.7 Å². The smallest absolute Gasteiger partial charge is 0.179 e. The summed E-state index contributed by atoms with van der Waals surface area (Å²) in [6.07, 6.45) is 0. The van der Waals surface area contributed by atoms with Gasteiger partial charge >= 0.3 is 0 Å². The molecule has 22 heavy (non-hydrogen) atoms. The van der Waals surface area contributed by atoms with Crippen molar-refractivity contribution in [1.82, 2.24) is 29.9 Å². The van der Waals surface area contributed by atoms with Crippen LogP contribution in [0.3, 0.4) is 0 Å². The molecule has 6 heteroatoms. The highest BCUT2D eigenvalue weighted by Gasteiger charge is 2.11. The van der Waals surface area contributed by atoms with E-state index >= 15 is 0 Å². The van der Waals surface area contributed by atoms with Crippen molar-refractivity contribution in [2.75, 3.05) is 0 Å². The third-order valence-electron chi connectivity index (χ3n) is 3.65. The van der Waals surface area contributed by atoms with Gasteiger partial charge in [-0.15, -0.1) is 0 Å². The summed E-state index contributed by atoms with van der Waals surface area (Å²) >= 11 is 0. The van der Waals surface area contributed by atoms with Crippen LogP contribution in [-0.4, -0.2) is 29.9 Å². The first-order valence-electron chi connectivity index (χ1n) is 7.30. The molecule has 0 aliphatic carbocycles. The summed E-state index contributed by atoms with van der Waals surface area (Å²) in [7, 11) is 0. The quantitative estimate of drug-likeness (QED) is 0.593. The summed E-state index contributed by atoms with van der Waals surface area (Å²) in [5.74, 6) is 1.96. The predicted molar refractivity (Wildman–Crippen MR) is 85.6 cm³/mol. The van der Waals surface area contributed by atoms with Gasteiger partial charge in [0.15, 0.2) is 17.1 Å². The van der Waals surface area contributed by atoms with Crippen molar-refractivity contribution in [1.29, 1.82) is 0 Å². The molecule has 0 aliphatic rings. The first kappa shape index (κ1) is 12.9. The molecule has 0 aromatic carbocycles. The Labute approximate surface area is 127 Å². The van der Waals surface area contributed by atoms with Crippen molar-refractivity contribution >= 4 is 22.3 Å². The maximum absolute atomic E-state index is 4.66. The second-order valence-corrected chi connectivity index (χ2v) is 5.74. The second kappa shape index (κ2) is 4.62. The van der Waals surface area contributed by atoms with Gasteiger partial charge in [-0.25, -0.2) is 19.9 Å². The molecule has 0 atom stereocenters. The number of nitrogens with zero attached hydrogens (tertiary/aromatic N) is 4. The Hall–Kier alpha value is -2.76. The normalized spacial score (nSPS) is 11.8. The van der Waals surface area contributed by atoms with E-state index < -0.39 is 0 Å². The lowest BCUT2D eigenvalue weighted by Crippen LogP contribution is -1.94.